The van der Waals surface area contributed by atoms with E-state index in [-0.39, 0.29) is 6.17 Å². The van der Waals surface area contributed by atoms with Crippen molar-refractivity contribution in [2.45, 2.75) is 12.6 Å². The van der Waals surface area contributed by atoms with Crippen molar-refractivity contribution in [3.8, 4) is 0 Å². The first-order valence-corrected chi connectivity index (χ1v) is 3.91. The van der Waals surface area contributed by atoms with Gasteiger partial charge in [-0.05, 0) is 11.1 Å². The number of hydroxylamine groups is 1. The van der Waals surface area contributed by atoms with E-state index in [9.17, 15) is 0 Å². The summed E-state index contributed by atoms with van der Waals surface area (Å²) in [6.07, 6.45) is 2.36. The Morgan fingerprint density at radius 1 is 1.42 bits per heavy atom. The molecule has 0 saturated carbocycles. The van der Waals surface area contributed by atoms with Crippen molar-refractivity contribution in [3.63, 3.8) is 0 Å². The zero-order valence-corrected chi connectivity index (χ0v) is 6.57. The summed E-state index contributed by atoms with van der Waals surface area (Å²) in [4.78, 5) is 4.10. The van der Waals surface area contributed by atoms with Gasteiger partial charge in [-0.1, -0.05) is 24.3 Å². The van der Waals surface area contributed by atoms with E-state index in [1.54, 1.807) is 6.21 Å². The molecule has 1 unspecified atom stereocenters. The molecule has 1 aromatic carbocycles. The second-order valence-corrected chi connectivity index (χ2v) is 2.83. The van der Waals surface area contributed by atoms with E-state index in [0.29, 0.717) is 0 Å². The molecule has 12 heavy (non-hydrogen) atoms. The maximum absolute atomic E-state index is 8.65. The molecular formula is C9H10N2O. The molecule has 2 rings (SSSR count). The van der Waals surface area contributed by atoms with Crippen LogP contribution in [0.15, 0.2) is 29.3 Å². The number of nitrogens with one attached hydrogen (secondary N) is 1. The smallest absolute Gasteiger partial charge is 0.126 e. The maximum Gasteiger partial charge on any atom is 0.126 e. The van der Waals surface area contributed by atoms with E-state index in [0.717, 1.165) is 12.0 Å². The normalized spacial score (nSPS) is 20.6. The van der Waals surface area contributed by atoms with Gasteiger partial charge in [-0.25, -0.2) is 0 Å². The highest BCUT2D eigenvalue weighted by Crippen LogP contribution is 2.13. The zero-order chi connectivity index (χ0) is 8.39. The van der Waals surface area contributed by atoms with Crippen LogP contribution in [0.5, 0.6) is 0 Å². The molecule has 0 aromatic heterocycles. The standard InChI is InChI=1S/C9H10N2O/c12-11-9-5-7-3-1-2-4-8(7)6-10-9/h1-4,6,9,11-12H,5H2. The van der Waals surface area contributed by atoms with Gasteiger partial charge in [-0.3, -0.25) is 4.99 Å². The van der Waals surface area contributed by atoms with Crippen molar-refractivity contribution >= 4 is 6.21 Å². The Balaban J connectivity index is 2.33. The average Bonchev–Trinajstić information content (AvgIpc) is 2.17. The van der Waals surface area contributed by atoms with E-state index >= 15 is 0 Å². The highest BCUT2D eigenvalue weighted by Gasteiger charge is 2.12. The predicted molar refractivity (Wildman–Crippen MR) is 46.5 cm³/mol. The fourth-order valence-electron chi connectivity index (χ4n) is 1.36. The molecule has 1 aromatic rings. The van der Waals surface area contributed by atoms with E-state index < -0.39 is 0 Å². The van der Waals surface area contributed by atoms with Gasteiger partial charge in [0.1, 0.15) is 6.17 Å². The summed E-state index contributed by atoms with van der Waals surface area (Å²) in [7, 11) is 0. The molecule has 2 N–H and O–H groups in total. The van der Waals surface area contributed by atoms with Crippen molar-refractivity contribution < 1.29 is 5.21 Å². The van der Waals surface area contributed by atoms with E-state index in [4.69, 9.17) is 5.21 Å². The lowest BCUT2D eigenvalue weighted by atomic mass is 10.0. The Kier molecular flexibility index (Phi) is 1.89. The molecule has 0 amide bonds. The lowest BCUT2D eigenvalue weighted by Crippen LogP contribution is -2.28. The molecule has 0 fully saturated rings. The molecule has 0 saturated heterocycles. The summed E-state index contributed by atoms with van der Waals surface area (Å²) in [5.41, 5.74) is 4.51. The minimum Gasteiger partial charge on any atom is -0.315 e. The second kappa shape index (κ2) is 3.05. The van der Waals surface area contributed by atoms with Crippen molar-refractivity contribution in [3.05, 3.63) is 35.4 Å². The molecule has 0 spiro atoms. The number of hydrogen-bond donors (Lipinski definition) is 2. The molecule has 0 aliphatic carbocycles. The summed E-state index contributed by atoms with van der Waals surface area (Å²) in [5, 5.41) is 8.65. The van der Waals surface area contributed by atoms with Crippen molar-refractivity contribution in [1.29, 1.82) is 0 Å². The van der Waals surface area contributed by atoms with Crippen LogP contribution in [0.4, 0.5) is 0 Å². The molecule has 3 nitrogen and oxygen atoms in total. The number of aliphatic imine (C=N–C) groups is 1. The van der Waals surface area contributed by atoms with E-state index in [1.807, 2.05) is 24.3 Å². The van der Waals surface area contributed by atoms with Gasteiger partial charge >= 0.3 is 0 Å². The zero-order valence-electron chi connectivity index (χ0n) is 6.57. The highest BCUT2D eigenvalue weighted by atomic mass is 16.5. The number of fused-ring (bicyclic) bond motifs is 1. The van der Waals surface area contributed by atoms with Crippen LogP contribution in [0.25, 0.3) is 0 Å². The van der Waals surface area contributed by atoms with Crippen LogP contribution in [0.3, 0.4) is 0 Å². The molecule has 1 aliphatic heterocycles. The maximum atomic E-state index is 8.65. The van der Waals surface area contributed by atoms with Crippen LogP contribution in [-0.2, 0) is 6.42 Å². The summed E-state index contributed by atoms with van der Waals surface area (Å²) in [6.45, 7) is 0. The fraction of sp³-hybridized carbons (Fsp3) is 0.222. The Bertz CT molecular complexity index is 309. The van der Waals surface area contributed by atoms with Crippen LogP contribution in [0.2, 0.25) is 0 Å². The molecule has 0 radical (unpaired) electrons. The predicted octanol–water partition coefficient (Wildman–Crippen LogP) is 0.966. The van der Waals surface area contributed by atoms with Crippen molar-refractivity contribution in [2.24, 2.45) is 4.99 Å². The lowest BCUT2D eigenvalue weighted by Gasteiger charge is -2.16. The lowest BCUT2D eigenvalue weighted by molar-refractivity contribution is 0.128. The molecular weight excluding hydrogens is 152 g/mol. The van der Waals surface area contributed by atoms with Gasteiger partial charge in [0, 0.05) is 12.6 Å². The van der Waals surface area contributed by atoms with Gasteiger partial charge in [0.15, 0.2) is 0 Å². The van der Waals surface area contributed by atoms with Gasteiger partial charge in [-0.2, -0.15) is 5.48 Å². The number of nitrogens with zero attached hydrogens (tertiary/aromatic N) is 1. The fourth-order valence-corrected chi connectivity index (χ4v) is 1.36. The average molecular weight is 162 g/mol. The summed E-state index contributed by atoms with van der Waals surface area (Å²) >= 11 is 0. The molecule has 1 aliphatic rings. The van der Waals surface area contributed by atoms with Crippen LogP contribution in [-0.4, -0.2) is 17.6 Å². The summed E-state index contributed by atoms with van der Waals surface area (Å²) in [5.74, 6) is 0. The van der Waals surface area contributed by atoms with Gasteiger partial charge in [-0.15, -0.1) is 0 Å². The molecule has 3 heteroatoms. The van der Waals surface area contributed by atoms with Crippen molar-refractivity contribution in [2.75, 3.05) is 0 Å². The van der Waals surface area contributed by atoms with Gasteiger partial charge in [0.25, 0.3) is 0 Å². The number of hydrogen-bond acceptors (Lipinski definition) is 3. The van der Waals surface area contributed by atoms with Gasteiger partial charge < -0.3 is 5.21 Å². The number of benzene rings is 1. The van der Waals surface area contributed by atoms with Crippen LogP contribution in [0, 0.1) is 0 Å². The molecule has 0 bridgehead atoms. The quantitative estimate of drug-likeness (QED) is 0.604. The second-order valence-electron chi connectivity index (χ2n) is 2.83. The topological polar surface area (TPSA) is 44.6 Å². The third-order valence-corrected chi connectivity index (χ3v) is 2.01. The Morgan fingerprint density at radius 2 is 2.25 bits per heavy atom. The third-order valence-electron chi connectivity index (χ3n) is 2.01. The largest absolute Gasteiger partial charge is 0.315 e. The van der Waals surface area contributed by atoms with E-state index in [1.165, 1.54) is 5.56 Å². The SMILES string of the molecule is ONC1Cc2ccccc2C=N1. The first-order valence-electron chi connectivity index (χ1n) is 3.91. The minimum absolute atomic E-state index is 0.181. The van der Waals surface area contributed by atoms with Crippen LogP contribution < -0.4 is 5.48 Å². The Morgan fingerprint density at radius 3 is 3.08 bits per heavy atom. The molecule has 1 heterocycles. The summed E-state index contributed by atoms with van der Waals surface area (Å²) < 4.78 is 0. The van der Waals surface area contributed by atoms with Gasteiger partial charge in [0.2, 0.25) is 0 Å². The van der Waals surface area contributed by atoms with Crippen LogP contribution in [0.1, 0.15) is 11.1 Å². The highest BCUT2D eigenvalue weighted by molar-refractivity contribution is 5.82. The van der Waals surface area contributed by atoms with Crippen LogP contribution >= 0.6 is 0 Å². The molecule has 62 valence electrons. The third kappa shape index (κ3) is 1.24. The van der Waals surface area contributed by atoms with Crippen molar-refractivity contribution in [1.82, 2.24) is 5.48 Å². The molecule has 1 atom stereocenters. The monoisotopic (exact) mass is 162 g/mol. The Labute approximate surface area is 70.7 Å². The Hall–Kier alpha value is -1.19. The van der Waals surface area contributed by atoms with E-state index in [2.05, 4.69) is 10.5 Å². The summed E-state index contributed by atoms with van der Waals surface area (Å²) in [6, 6.07) is 8.04. The minimum atomic E-state index is -0.181. The first kappa shape index (κ1) is 7.46. The number of rotatable bonds is 1. The van der Waals surface area contributed by atoms with Gasteiger partial charge in [0.05, 0.1) is 0 Å². The first-order chi connectivity index (χ1) is 5.90.